The van der Waals surface area contributed by atoms with Crippen molar-refractivity contribution in [2.75, 3.05) is 0 Å². The Hall–Kier alpha value is -1.95. The Morgan fingerprint density at radius 2 is 2.27 bits per heavy atom. The van der Waals surface area contributed by atoms with Gasteiger partial charge in [0.25, 0.3) is 0 Å². The molecule has 0 saturated carbocycles. The van der Waals surface area contributed by atoms with Crippen molar-refractivity contribution in [2.24, 2.45) is 0 Å². The zero-order valence-electron chi connectivity index (χ0n) is 7.35. The topological polar surface area (TPSA) is 83.6 Å². The second-order valence-corrected chi connectivity index (χ2v) is 2.93. The molecule has 2 N–H and O–H groups in total. The van der Waals surface area contributed by atoms with Crippen molar-refractivity contribution in [3.63, 3.8) is 0 Å². The number of oxazole rings is 1. The Balaban J connectivity index is 2.50. The van der Waals surface area contributed by atoms with E-state index in [0.717, 1.165) is 0 Å². The summed E-state index contributed by atoms with van der Waals surface area (Å²) in [6.45, 7) is 0. The molecule has 1 aromatic heterocycles. The van der Waals surface area contributed by atoms with Crippen LogP contribution in [0.15, 0.2) is 22.6 Å². The van der Waals surface area contributed by atoms with Crippen molar-refractivity contribution >= 4 is 17.1 Å². The minimum atomic E-state index is -1.65. The van der Waals surface area contributed by atoms with E-state index in [1.54, 1.807) is 0 Å². The Morgan fingerprint density at radius 3 is 2.93 bits per heavy atom. The first-order chi connectivity index (χ1) is 7.08. The molecule has 1 heterocycles. The summed E-state index contributed by atoms with van der Waals surface area (Å²) >= 11 is 0. The van der Waals surface area contributed by atoms with Crippen molar-refractivity contribution in [3.8, 4) is 0 Å². The molecule has 0 aliphatic carbocycles. The summed E-state index contributed by atoms with van der Waals surface area (Å²) in [4.78, 5) is 13.9. The highest BCUT2D eigenvalue weighted by molar-refractivity contribution is 5.78. The third-order valence-corrected chi connectivity index (χ3v) is 1.94. The third-order valence-electron chi connectivity index (χ3n) is 1.94. The van der Waals surface area contributed by atoms with E-state index >= 15 is 0 Å². The van der Waals surface area contributed by atoms with Crippen LogP contribution in [0.5, 0.6) is 0 Å². The molecule has 15 heavy (non-hydrogen) atoms. The summed E-state index contributed by atoms with van der Waals surface area (Å²) < 4.78 is 17.1. The van der Waals surface area contributed by atoms with Gasteiger partial charge in [0.05, 0.1) is 0 Å². The van der Waals surface area contributed by atoms with Gasteiger partial charge in [-0.1, -0.05) is 6.07 Å². The fraction of sp³-hybridized carbons (Fsp3) is 0.111. The molecular formula is C9H6FNO4. The van der Waals surface area contributed by atoms with E-state index < -0.39 is 18.2 Å². The van der Waals surface area contributed by atoms with Crippen molar-refractivity contribution in [1.82, 2.24) is 4.98 Å². The molecule has 0 radical (unpaired) electrons. The molecule has 1 aromatic carbocycles. The predicted molar refractivity (Wildman–Crippen MR) is 46.6 cm³/mol. The van der Waals surface area contributed by atoms with Crippen LogP contribution in [0, 0.1) is 6.14 Å². The van der Waals surface area contributed by atoms with Crippen LogP contribution >= 0.6 is 0 Å². The lowest BCUT2D eigenvalue weighted by atomic mass is 10.1. The van der Waals surface area contributed by atoms with E-state index in [-0.39, 0.29) is 16.7 Å². The van der Waals surface area contributed by atoms with E-state index in [4.69, 9.17) is 5.11 Å². The van der Waals surface area contributed by atoms with Gasteiger partial charge >= 0.3 is 12.1 Å². The molecule has 5 nitrogen and oxygen atoms in total. The average Bonchev–Trinajstić information content (AvgIpc) is 2.55. The first-order valence-corrected chi connectivity index (χ1v) is 4.05. The van der Waals surface area contributed by atoms with Crippen LogP contribution in [0.3, 0.4) is 0 Å². The summed E-state index contributed by atoms with van der Waals surface area (Å²) in [5, 5.41) is 17.8. The number of aliphatic carboxylic acids is 1. The van der Waals surface area contributed by atoms with Crippen molar-refractivity contribution in [1.29, 1.82) is 0 Å². The molecule has 0 saturated heterocycles. The quantitative estimate of drug-likeness (QED) is 0.776. The fourth-order valence-electron chi connectivity index (χ4n) is 1.23. The minimum absolute atomic E-state index is 0.102. The van der Waals surface area contributed by atoms with Crippen LogP contribution in [0.1, 0.15) is 11.7 Å². The van der Waals surface area contributed by atoms with Crippen LogP contribution in [-0.4, -0.2) is 21.2 Å². The van der Waals surface area contributed by atoms with Crippen molar-refractivity contribution in [2.45, 2.75) is 6.10 Å². The van der Waals surface area contributed by atoms with E-state index in [0.29, 0.717) is 0 Å². The van der Waals surface area contributed by atoms with Gasteiger partial charge in [0.2, 0.25) is 0 Å². The molecular weight excluding hydrogens is 205 g/mol. The highest BCUT2D eigenvalue weighted by atomic mass is 19.1. The average molecular weight is 211 g/mol. The molecule has 2 aromatic rings. The first-order valence-electron chi connectivity index (χ1n) is 4.05. The SMILES string of the molecule is O=C(O)C(O)c1ccc2nc(F)oc2c1. The molecule has 0 spiro atoms. The molecule has 0 amide bonds. The summed E-state index contributed by atoms with van der Waals surface area (Å²) in [6, 6.07) is 3.97. The number of aromatic nitrogens is 1. The molecule has 0 bridgehead atoms. The maximum atomic E-state index is 12.6. The summed E-state index contributed by atoms with van der Waals surface area (Å²) in [5.41, 5.74) is 0.491. The van der Waals surface area contributed by atoms with Crippen molar-refractivity contribution in [3.05, 3.63) is 29.9 Å². The molecule has 2 rings (SSSR count). The van der Waals surface area contributed by atoms with Crippen LogP contribution in [-0.2, 0) is 4.79 Å². The van der Waals surface area contributed by atoms with Gasteiger partial charge in [0.15, 0.2) is 11.7 Å². The van der Waals surface area contributed by atoms with E-state index in [2.05, 4.69) is 9.40 Å². The first kappa shape index (κ1) is 9.60. The van der Waals surface area contributed by atoms with Crippen molar-refractivity contribution < 1.29 is 23.8 Å². The van der Waals surface area contributed by atoms with Crippen LogP contribution < -0.4 is 0 Å². The highest BCUT2D eigenvalue weighted by Gasteiger charge is 2.17. The molecule has 0 aliphatic heterocycles. The number of fused-ring (bicyclic) bond motifs is 1. The van der Waals surface area contributed by atoms with Gasteiger partial charge in [-0.15, -0.1) is 4.39 Å². The molecule has 78 valence electrons. The van der Waals surface area contributed by atoms with Gasteiger partial charge in [0.1, 0.15) is 5.52 Å². The second-order valence-electron chi connectivity index (χ2n) is 2.93. The zero-order chi connectivity index (χ0) is 11.0. The van der Waals surface area contributed by atoms with Gasteiger partial charge in [-0.05, 0) is 17.7 Å². The number of aliphatic hydroxyl groups is 1. The Kier molecular flexibility index (Phi) is 2.12. The lowest BCUT2D eigenvalue weighted by Crippen LogP contribution is -2.09. The smallest absolute Gasteiger partial charge is 0.382 e. The second kappa shape index (κ2) is 3.32. The van der Waals surface area contributed by atoms with Gasteiger partial charge < -0.3 is 14.6 Å². The lowest BCUT2D eigenvalue weighted by molar-refractivity contribution is -0.146. The third kappa shape index (κ3) is 1.66. The van der Waals surface area contributed by atoms with Gasteiger partial charge in [-0.3, -0.25) is 0 Å². The molecule has 6 heteroatoms. The number of carboxylic acids is 1. The normalized spacial score (nSPS) is 12.9. The maximum Gasteiger partial charge on any atom is 0.382 e. The van der Waals surface area contributed by atoms with E-state index in [1.165, 1.54) is 18.2 Å². The number of rotatable bonds is 2. The number of carboxylic acid groups (broad SMARTS) is 1. The number of aliphatic hydroxyl groups excluding tert-OH is 1. The standard InChI is InChI=1S/C9H6FNO4/c10-9-11-5-2-1-4(3-6(5)15-9)7(12)8(13)14/h1-3,7,12H,(H,13,14). The summed E-state index contributed by atoms with van der Waals surface area (Å²) in [5.74, 6) is -1.38. The number of carbonyl (C=O) groups is 1. The number of hydrogen-bond acceptors (Lipinski definition) is 4. The maximum absolute atomic E-state index is 12.6. The van der Waals surface area contributed by atoms with E-state index in [1.807, 2.05) is 0 Å². The fourth-order valence-corrected chi connectivity index (χ4v) is 1.23. The summed E-state index contributed by atoms with van der Waals surface area (Å²) in [6.07, 6.45) is -2.64. The highest BCUT2D eigenvalue weighted by Crippen LogP contribution is 2.20. The Morgan fingerprint density at radius 1 is 1.53 bits per heavy atom. The van der Waals surface area contributed by atoms with Crippen LogP contribution in [0.25, 0.3) is 11.1 Å². The number of benzene rings is 1. The lowest BCUT2D eigenvalue weighted by Gasteiger charge is -2.03. The number of hydrogen-bond donors (Lipinski definition) is 2. The Bertz CT molecular complexity index is 522. The van der Waals surface area contributed by atoms with Crippen LogP contribution in [0.4, 0.5) is 4.39 Å². The monoisotopic (exact) mass is 211 g/mol. The van der Waals surface area contributed by atoms with Gasteiger partial charge in [-0.2, -0.15) is 4.98 Å². The van der Waals surface area contributed by atoms with Crippen LogP contribution in [0.2, 0.25) is 0 Å². The largest absolute Gasteiger partial charge is 0.479 e. The zero-order valence-corrected chi connectivity index (χ0v) is 7.35. The van der Waals surface area contributed by atoms with Gasteiger partial charge in [-0.25, -0.2) is 4.79 Å². The molecule has 0 fully saturated rings. The molecule has 0 aliphatic rings. The van der Waals surface area contributed by atoms with Gasteiger partial charge in [0, 0.05) is 0 Å². The molecule has 1 atom stereocenters. The Labute approximate surface area is 82.8 Å². The predicted octanol–water partition coefficient (Wildman–Crippen LogP) is 1.08. The minimum Gasteiger partial charge on any atom is -0.479 e. The number of nitrogens with zero attached hydrogens (tertiary/aromatic N) is 1. The summed E-state index contributed by atoms with van der Waals surface area (Å²) in [7, 11) is 0. The van der Waals surface area contributed by atoms with E-state index in [9.17, 15) is 14.3 Å². The number of halogens is 1. The molecule has 1 unspecified atom stereocenters.